The van der Waals surface area contributed by atoms with Crippen LogP contribution in [0.25, 0.3) is 0 Å². The molecule has 1 aliphatic heterocycles. The van der Waals surface area contributed by atoms with Crippen LogP contribution in [-0.4, -0.2) is 25.3 Å². The van der Waals surface area contributed by atoms with Crippen molar-refractivity contribution < 1.29 is 14.3 Å². The summed E-state index contributed by atoms with van der Waals surface area (Å²) < 4.78 is 10.6. The van der Waals surface area contributed by atoms with Crippen LogP contribution < -0.4 is 0 Å². The van der Waals surface area contributed by atoms with Crippen molar-refractivity contribution in [1.29, 1.82) is 0 Å². The summed E-state index contributed by atoms with van der Waals surface area (Å²) in [6.45, 7) is 5.47. The quantitative estimate of drug-likeness (QED) is 0.568. The molecule has 1 heterocycles. The summed E-state index contributed by atoms with van der Waals surface area (Å²) in [5.41, 5.74) is 0.949. The lowest BCUT2D eigenvalue weighted by molar-refractivity contribution is -0.136. The molecular weight excluding hydrogens is 240 g/mol. The van der Waals surface area contributed by atoms with Gasteiger partial charge >= 0.3 is 5.97 Å². The lowest BCUT2D eigenvalue weighted by Crippen LogP contribution is -2.41. The third kappa shape index (κ3) is 2.22. The standard InChI is InChI=1S/C16H24O3/c1-10-4-7-14(16(2)9-19-16)13-8-11(15(17)18-3)5-6-12(10)13/h8,10,12-14H,4-7,9H2,1-3H3. The maximum absolute atomic E-state index is 11.8. The number of esters is 1. The summed E-state index contributed by atoms with van der Waals surface area (Å²) in [5, 5.41) is 0. The van der Waals surface area contributed by atoms with Crippen LogP contribution in [0, 0.1) is 23.7 Å². The number of hydrogen-bond donors (Lipinski definition) is 0. The molecule has 0 radical (unpaired) electrons. The minimum Gasteiger partial charge on any atom is -0.466 e. The highest BCUT2D eigenvalue weighted by Crippen LogP contribution is 2.53. The highest BCUT2D eigenvalue weighted by molar-refractivity contribution is 5.88. The number of rotatable bonds is 2. The molecule has 0 aromatic rings. The molecule has 1 saturated carbocycles. The highest BCUT2D eigenvalue weighted by Gasteiger charge is 2.53. The average Bonchev–Trinajstić information content (AvgIpc) is 3.16. The Balaban J connectivity index is 1.87. The third-order valence-corrected chi connectivity index (χ3v) is 5.60. The van der Waals surface area contributed by atoms with E-state index >= 15 is 0 Å². The Morgan fingerprint density at radius 3 is 2.79 bits per heavy atom. The number of carbonyl (C=O) groups is 1. The van der Waals surface area contributed by atoms with Gasteiger partial charge in [0.25, 0.3) is 0 Å². The van der Waals surface area contributed by atoms with E-state index in [1.165, 1.54) is 20.0 Å². The molecule has 0 amide bonds. The van der Waals surface area contributed by atoms with E-state index in [2.05, 4.69) is 19.9 Å². The molecule has 0 spiro atoms. The van der Waals surface area contributed by atoms with Gasteiger partial charge in [-0.2, -0.15) is 0 Å². The first-order chi connectivity index (χ1) is 9.05. The van der Waals surface area contributed by atoms with Crippen LogP contribution in [0.2, 0.25) is 0 Å². The number of epoxide rings is 1. The molecule has 2 fully saturated rings. The van der Waals surface area contributed by atoms with Crippen molar-refractivity contribution in [1.82, 2.24) is 0 Å². The lowest BCUT2D eigenvalue weighted by atomic mass is 9.60. The molecule has 0 aromatic heterocycles. The molecule has 5 atom stereocenters. The number of hydrogen-bond acceptors (Lipinski definition) is 3. The fourth-order valence-electron chi connectivity index (χ4n) is 4.22. The summed E-state index contributed by atoms with van der Waals surface area (Å²) >= 11 is 0. The van der Waals surface area contributed by atoms with Crippen molar-refractivity contribution in [3.05, 3.63) is 11.6 Å². The molecule has 2 aliphatic carbocycles. The molecule has 3 nitrogen and oxygen atoms in total. The normalized spacial score (nSPS) is 45.1. The van der Waals surface area contributed by atoms with Gasteiger partial charge in [-0.15, -0.1) is 0 Å². The Kier molecular flexibility index (Phi) is 3.20. The van der Waals surface area contributed by atoms with Crippen LogP contribution in [0.1, 0.15) is 39.5 Å². The van der Waals surface area contributed by atoms with Crippen molar-refractivity contribution in [2.24, 2.45) is 23.7 Å². The summed E-state index contributed by atoms with van der Waals surface area (Å²) in [4.78, 5) is 11.8. The number of methoxy groups -OCH3 is 1. The van der Waals surface area contributed by atoms with Crippen LogP contribution in [0.3, 0.4) is 0 Å². The SMILES string of the molecule is COC(=O)C1=CC2C(CC1)C(C)CCC2C1(C)CO1. The van der Waals surface area contributed by atoms with E-state index in [-0.39, 0.29) is 11.6 Å². The fourth-order valence-corrected chi connectivity index (χ4v) is 4.22. The minimum atomic E-state index is -0.141. The minimum absolute atomic E-state index is 0.0676. The molecule has 3 aliphatic rings. The van der Waals surface area contributed by atoms with Crippen molar-refractivity contribution in [3.8, 4) is 0 Å². The zero-order valence-corrected chi connectivity index (χ0v) is 12.1. The van der Waals surface area contributed by atoms with Crippen LogP contribution >= 0.6 is 0 Å². The molecule has 3 heteroatoms. The molecule has 3 rings (SSSR count). The second kappa shape index (κ2) is 4.62. The Hall–Kier alpha value is -0.830. The van der Waals surface area contributed by atoms with Gasteiger partial charge in [-0.3, -0.25) is 0 Å². The van der Waals surface area contributed by atoms with Gasteiger partial charge in [-0.05, 0) is 49.9 Å². The van der Waals surface area contributed by atoms with E-state index in [0.717, 1.165) is 30.9 Å². The van der Waals surface area contributed by atoms with Crippen LogP contribution in [0.15, 0.2) is 11.6 Å². The number of allylic oxidation sites excluding steroid dienone is 1. The van der Waals surface area contributed by atoms with Crippen LogP contribution in [0.4, 0.5) is 0 Å². The van der Waals surface area contributed by atoms with Gasteiger partial charge in [0.15, 0.2) is 0 Å². The predicted molar refractivity (Wildman–Crippen MR) is 72.6 cm³/mol. The zero-order valence-electron chi connectivity index (χ0n) is 12.1. The van der Waals surface area contributed by atoms with E-state index in [1.807, 2.05) is 0 Å². The molecule has 0 N–H and O–H groups in total. The van der Waals surface area contributed by atoms with Gasteiger partial charge in [0.05, 0.1) is 19.3 Å². The van der Waals surface area contributed by atoms with Crippen LogP contribution in [0.5, 0.6) is 0 Å². The van der Waals surface area contributed by atoms with E-state index in [0.29, 0.717) is 17.8 Å². The summed E-state index contributed by atoms with van der Waals surface area (Å²) in [6.07, 6.45) is 6.74. The van der Waals surface area contributed by atoms with E-state index < -0.39 is 0 Å². The van der Waals surface area contributed by atoms with Gasteiger partial charge in [0.1, 0.15) is 0 Å². The first-order valence-electron chi connectivity index (χ1n) is 7.48. The molecule has 106 valence electrons. The second-order valence-electron chi connectivity index (χ2n) is 6.73. The summed E-state index contributed by atoms with van der Waals surface area (Å²) in [7, 11) is 1.47. The number of fused-ring (bicyclic) bond motifs is 1. The third-order valence-electron chi connectivity index (χ3n) is 5.60. The predicted octanol–water partition coefficient (Wildman–Crippen LogP) is 2.95. The molecule has 0 bridgehead atoms. The maximum Gasteiger partial charge on any atom is 0.333 e. The smallest absolute Gasteiger partial charge is 0.333 e. The van der Waals surface area contributed by atoms with Crippen molar-refractivity contribution >= 4 is 5.97 Å². The fraction of sp³-hybridized carbons (Fsp3) is 0.812. The Morgan fingerprint density at radius 1 is 1.42 bits per heavy atom. The molecule has 5 unspecified atom stereocenters. The molecular formula is C16H24O3. The maximum atomic E-state index is 11.8. The first kappa shape index (κ1) is 13.2. The molecule has 1 saturated heterocycles. The summed E-state index contributed by atoms with van der Waals surface area (Å²) in [5.74, 6) is 2.41. The molecule has 19 heavy (non-hydrogen) atoms. The topological polar surface area (TPSA) is 38.8 Å². The average molecular weight is 264 g/mol. The highest BCUT2D eigenvalue weighted by atomic mass is 16.6. The largest absolute Gasteiger partial charge is 0.466 e. The Morgan fingerprint density at radius 2 is 2.16 bits per heavy atom. The van der Waals surface area contributed by atoms with Gasteiger partial charge in [-0.25, -0.2) is 4.79 Å². The first-order valence-corrected chi connectivity index (χ1v) is 7.48. The number of carbonyl (C=O) groups excluding carboxylic acids is 1. The van der Waals surface area contributed by atoms with Gasteiger partial charge in [-0.1, -0.05) is 19.4 Å². The van der Waals surface area contributed by atoms with E-state index in [1.54, 1.807) is 0 Å². The van der Waals surface area contributed by atoms with Crippen LogP contribution in [-0.2, 0) is 14.3 Å². The monoisotopic (exact) mass is 264 g/mol. The van der Waals surface area contributed by atoms with Gasteiger partial charge in [0, 0.05) is 5.57 Å². The summed E-state index contributed by atoms with van der Waals surface area (Å²) in [6, 6.07) is 0. The Labute approximate surface area is 115 Å². The lowest BCUT2D eigenvalue weighted by Gasteiger charge is -2.45. The van der Waals surface area contributed by atoms with Gasteiger partial charge in [0.2, 0.25) is 0 Å². The number of ether oxygens (including phenoxy) is 2. The van der Waals surface area contributed by atoms with E-state index in [9.17, 15) is 4.79 Å². The van der Waals surface area contributed by atoms with Crippen molar-refractivity contribution in [2.45, 2.75) is 45.1 Å². The van der Waals surface area contributed by atoms with Crippen molar-refractivity contribution in [2.75, 3.05) is 13.7 Å². The van der Waals surface area contributed by atoms with Gasteiger partial charge < -0.3 is 9.47 Å². The molecule has 0 aromatic carbocycles. The zero-order chi connectivity index (χ0) is 13.6. The Bertz CT molecular complexity index is 408. The van der Waals surface area contributed by atoms with E-state index in [4.69, 9.17) is 9.47 Å². The second-order valence-corrected chi connectivity index (χ2v) is 6.73. The van der Waals surface area contributed by atoms with Crippen molar-refractivity contribution in [3.63, 3.8) is 0 Å².